The maximum Gasteiger partial charge on any atom is 0.343 e. The van der Waals surface area contributed by atoms with Crippen molar-refractivity contribution >= 4 is 52.4 Å². The van der Waals surface area contributed by atoms with Crippen molar-refractivity contribution in [1.82, 2.24) is 9.97 Å². The van der Waals surface area contributed by atoms with E-state index in [0.717, 1.165) is 12.1 Å². The number of amides is 1. The Kier molecular flexibility index (Phi) is 13.3. The van der Waals surface area contributed by atoms with E-state index in [0.29, 0.717) is 0 Å². The molecule has 0 saturated heterocycles. The van der Waals surface area contributed by atoms with Crippen LogP contribution in [0.2, 0.25) is 10.0 Å². The number of halogens is 4. The summed E-state index contributed by atoms with van der Waals surface area (Å²) in [5.74, 6) is -2.33. The summed E-state index contributed by atoms with van der Waals surface area (Å²) in [6.07, 6.45) is 2.90. The van der Waals surface area contributed by atoms with Crippen LogP contribution in [0.1, 0.15) is 6.92 Å². The van der Waals surface area contributed by atoms with Gasteiger partial charge < -0.3 is 39.5 Å². The number of nitrogens with one attached hydrogen (secondary N) is 1. The minimum Gasteiger partial charge on any atom is -0.466 e. The minimum atomic E-state index is -0.707. The lowest BCUT2D eigenvalue weighted by molar-refractivity contribution is -0.143. The number of nitrogens with two attached hydrogens (primary N) is 1. The molecule has 248 valence electrons. The molecule has 2 aromatic carbocycles. The molecule has 0 bridgehead atoms. The molecular weight excluding hydrogens is 669 g/mol. The molecule has 4 rings (SSSR count). The number of esters is 2. The Morgan fingerprint density at radius 1 is 0.766 bits per heavy atom. The van der Waals surface area contributed by atoms with Crippen molar-refractivity contribution in [3.05, 3.63) is 82.6 Å². The van der Waals surface area contributed by atoms with Crippen molar-refractivity contribution in [1.29, 1.82) is 0 Å². The molecule has 3 N–H and O–H groups in total. The van der Waals surface area contributed by atoms with Crippen LogP contribution in [0.5, 0.6) is 34.8 Å². The number of hydrogen-bond acceptors (Lipinski definition) is 12. The van der Waals surface area contributed by atoms with Crippen molar-refractivity contribution < 1.29 is 51.6 Å². The Labute approximate surface area is 276 Å². The van der Waals surface area contributed by atoms with E-state index in [9.17, 15) is 23.2 Å². The quantitative estimate of drug-likeness (QED) is 0.139. The van der Waals surface area contributed by atoms with Gasteiger partial charge in [0.05, 0.1) is 35.6 Å². The van der Waals surface area contributed by atoms with Crippen LogP contribution in [0.15, 0.2) is 60.9 Å². The van der Waals surface area contributed by atoms with Crippen molar-refractivity contribution in [2.75, 3.05) is 38.5 Å². The number of rotatable bonds is 11. The highest BCUT2D eigenvalue weighted by Crippen LogP contribution is 2.37. The Morgan fingerprint density at radius 2 is 1.23 bits per heavy atom. The average molecular weight is 695 g/mol. The topological polar surface area (TPSA) is 170 Å². The van der Waals surface area contributed by atoms with E-state index in [1.54, 1.807) is 18.2 Å². The fourth-order valence-electron chi connectivity index (χ4n) is 3.25. The van der Waals surface area contributed by atoms with Crippen LogP contribution in [0.4, 0.5) is 20.2 Å². The number of ether oxygens (including phenoxy) is 6. The van der Waals surface area contributed by atoms with Gasteiger partial charge in [0, 0.05) is 31.5 Å². The molecular formula is C30H26Cl2F2N4O9. The van der Waals surface area contributed by atoms with Crippen LogP contribution < -0.4 is 30.0 Å². The first-order valence-electron chi connectivity index (χ1n) is 13.1. The Hall–Kier alpha value is -5.41. The molecule has 0 aliphatic heterocycles. The number of anilines is 2. The van der Waals surface area contributed by atoms with Crippen LogP contribution >= 0.6 is 23.2 Å². The zero-order valence-corrected chi connectivity index (χ0v) is 26.4. The summed E-state index contributed by atoms with van der Waals surface area (Å²) in [4.78, 5) is 41.3. The van der Waals surface area contributed by atoms with E-state index in [-0.39, 0.29) is 69.4 Å². The number of carbonyl (C=O) groups excluding carboxylic acids is 3. The highest BCUT2D eigenvalue weighted by Gasteiger charge is 2.16. The van der Waals surface area contributed by atoms with Crippen LogP contribution in [-0.4, -0.2) is 55.2 Å². The zero-order chi connectivity index (χ0) is 34.5. The van der Waals surface area contributed by atoms with Crippen LogP contribution in [0, 0.1) is 11.6 Å². The Bertz CT molecular complexity index is 1750. The number of aromatic nitrogens is 2. The normalized spacial score (nSPS) is 10.1. The first-order chi connectivity index (χ1) is 22.4. The highest BCUT2D eigenvalue weighted by atomic mass is 35.5. The number of carbonyl (C=O) groups is 3. The molecule has 2 heterocycles. The standard InChI is InChI=1S/C16H14ClFN2O5.C14H12ClFN2O4/c1-9(21)20-12-7-14(10(17)6-11(12)18)25-13-4-3-5-19-16(13)24-8-15(22)23-2;1-20-13(19)7-21-14-11(3-2-4-18-14)22-12-6-10(17)9(16)5-8(12)15/h3-7H,8H2,1-2H3,(H,20,21);2-6H,7,17H2,1H3. The molecule has 1 amide bonds. The van der Waals surface area contributed by atoms with Crippen LogP contribution in [-0.2, 0) is 23.9 Å². The lowest BCUT2D eigenvalue weighted by atomic mass is 10.2. The second-order valence-electron chi connectivity index (χ2n) is 8.79. The number of nitrogen functional groups attached to an aromatic ring is 1. The third-order valence-corrected chi connectivity index (χ3v) is 6.00. The smallest absolute Gasteiger partial charge is 0.343 e. The van der Waals surface area contributed by atoms with Crippen LogP contribution in [0.3, 0.4) is 0 Å². The minimum absolute atomic E-state index is 0.0191. The fraction of sp³-hybridized carbons (Fsp3) is 0.167. The zero-order valence-electron chi connectivity index (χ0n) is 24.8. The summed E-state index contributed by atoms with van der Waals surface area (Å²) in [6, 6.07) is 10.8. The van der Waals surface area contributed by atoms with Gasteiger partial charge in [-0.05, 0) is 36.4 Å². The van der Waals surface area contributed by atoms with Crippen molar-refractivity contribution in [2.24, 2.45) is 0 Å². The van der Waals surface area contributed by atoms with Gasteiger partial charge in [-0.3, -0.25) is 4.79 Å². The lowest BCUT2D eigenvalue weighted by Crippen LogP contribution is -2.13. The summed E-state index contributed by atoms with van der Waals surface area (Å²) >= 11 is 11.9. The predicted octanol–water partition coefficient (Wildman–Crippen LogP) is 5.98. The van der Waals surface area contributed by atoms with Gasteiger partial charge in [0.25, 0.3) is 11.8 Å². The van der Waals surface area contributed by atoms with Gasteiger partial charge in [0.15, 0.2) is 24.7 Å². The molecule has 0 unspecified atom stereocenters. The van der Waals surface area contributed by atoms with Crippen LogP contribution in [0.25, 0.3) is 0 Å². The third kappa shape index (κ3) is 10.9. The summed E-state index contributed by atoms with van der Waals surface area (Å²) in [7, 11) is 2.46. The second-order valence-corrected chi connectivity index (χ2v) is 9.61. The summed E-state index contributed by atoms with van der Waals surface area (Å²) in [5, 5.41) is 2.35. The molecule has 0 fully saturated rings. The predicted molar refractivity (Wildman–Crippen MR) is 165 cm³/mol. The summed E-state index contributed by atoms with van der Waals surface area (Å²) in [5.41, 5.74) is 5.28. The van der Waals surface area contributed by atoms with E-state index >= 15 is 0 Å². The lowest BCUT2D eigenvalue weighted by Gasteiger charge is -2.13. The molecule has 47 heavy (non-hydrogen) atoms. The van der Waals surface area contributed by atoms with Gasteiger partial charge in [-0.15, -0.1) is 0 Å². The fourth-order valence-corrected chi connectivity index (χ4v) is 3.63. The van der Waals surface area contributed by atoms with Crippen molar-refractivity contribution in [3.63, 3.8) is 0 Å². The number of hydrogen-bond donors (Lipinski definition) is 2. The van der Waals surface area contributed by atoms with E-state index in [1.165, 1.54) is 51.7 Å². The monoisotopic (exact) mass is 694 g/mol. The van der Waals surface area contributed by atoms with Crippen molar-refractivity contribution in [2.45, 2.75) is 6.92 Å². The number of methoxy groups -OCH3 is 2. The molecule has 2 aromatic heterocycles. The van der Waals surface area contributed by atoms with Gasteiger partial charge in [-0.1, -0.05) is 23.2 Å². The molecule has 0 atom stereocenters. The molecule has 0 spiro atoms. The van der Waals surface area contributed by atoms with E-state index < -0.39 is 29.5 Å². The summed E-state index contributed by atoms with van der Waals surface area (Å²) in [6.45, 7) is 0.551. The largest absolute Gasteiger partial charge is 0.466 e. The third-order valence-electron chi connectivity index (χ3n) is 5.40. The maximum atomic E-state index is 13.8. The molecule has 0 radical (unpaired) electrons. The van der Waals surface area contributed by atoms with Gasteiger partial charge in [-0.2, -0.15) is 0 Å². The van der Waals surface area contributed by atoms with Gasteiger partial charge in [-0.25, -0.2) is 28.3 Å². The molecule has 0 aliphatic carbocycles. The molecule has 13 nitrogen and oxygen atoms in total. The Balaban J connectivity index is 0.000000257. The Morgan fingerprint density at radius 3 is 1.70 bits per heavy atom. The first-order valence-corrected chi connectivity index (χ1v) is 13.8. The highest BCUT2D eigenvalue weighted by molar-refractivity contribution is 6.32. The van der Waals surface area contributed by atoms with Crippen molar-refractivity contribution in [3.8, 4) is 34.8 Å². The number of pyridine rings is 2. The number of nitrogens with zero attached hydrogens (tertiary/aromatic N) is 2. The van der Waals surface area contributed by atoms with E-state index in [1.807, 2.05) is 0 Å². The average Bonchev–Trinajstić information content (AvgIpc) is 3.04. The van der Waals surface area contributed by atoms with Gasteiger partial charge >= 0.3 is 11.9 Å². The molecule has 0 saturated carbocycles. The molecule has 17 heteroatoms. The SMILES string of the molecule is COC(=O)COc1ncccc1Oc1cc(N)c(F)cc1Cl.COC(=O)COc1ncccc1Oc1cc(NC(C)=O)c(F)cc1Cl. The maximum absolute atomic E-state index is 13.8. The summed E-state index contributed by atoms with van der Waals surface area (Å²) < 4.78 is 57.6. The van der Waals surface area contributed by atoms with Gasteiger partial charge in [0.1, 0.15) is 23.1 Å². The molecule has 0 aliphatic rings. The van der Waals surface area contributed by atoms with E-state index in [2.05, 4.69) is 24.8 Å². The second kappa shape index (κ2) is 17.3. The number of benzene rings is 2. The van der Waals surface area contributed by atoms with Gasteiger partial charge in [0.2, 0.25) is 5.91 Å². The molecule has 4 aromatic rings. The van der Waals surface area contributed by atoms with E-state index in [4.69, 9.17) is 47.9 Å². The first kappa shape index (κ1) is 36.1.